The Balaban J connectivity index is 1.61. The lowest BCUT2D eigenvalue weighted by molar-refractivity contribution is 0.161. The number of ether oxygens (including phenoxy) is 1. The van der Waals surface area contributed by atoms with Gasteiger partial charge in [-0.1, -0.05) is 78.4 Å². The van der Waals surface area contributed by atoms with Crippen molar-refractivity contribution in [2.45, 2.75) is 69.1 Å². The molecule has 2 atom stereocenters. The third kappa shape index (κ3) is 8.55. The summed E-state index contributed by atoms with van der Waals surface area (Å²) >= 11 is 8.06. The summed E-state index contributed by atoms with van der Waals surface area (Å²) in [5, 5.41) is 3.27. The van der Waals surface area contributed by atoms with Gasteiger partial charge in [-0.05, 0) is 74.2 Å². The predicted octanol–water partition coefficient (Wildman–Crippen LogP) is 10.5. The van der Waals surface area contributed by atoms with E-state index in [1.54, 1.807) is 18.4 Å². The van der Waals surface area contributed by atoms with Gasteiger partial charge in [0, 0.05) is 41.6 Å². The van der Waals surface area contributed by atoms with Crippen LogP contribution in [0.1, 0.15) is 62.6 Å². The average Bonchev–Trinajstić information content (AvgIpc) is 3.00. The van der Waals surface area contributed by atoms with Gasteiger partial charge in [0.15, 0.2) is 11.5 Å². The Morgan fingerprint density at radius 3 is 2.53 bits per heavy atom. The molecule has 0 heterocycles. The van der Waals surface area contributed by atoms with Crippen LogP contribution >= 0.6 is 23.4 Å². The van der Waals surface area contributed by atoms with Gasteiger partial charge in [0.2, 0.25) is 0 Å². The molecule has 3 aromatic rings. The third-order valence-corrected chi connectivity index (χ3v) is 9.08. The van der Waals surface area contributed by atoms with Crippen molar-refractivity contribution in [3.63, 3.8) is 0 Å². The van der Waals surface area contributed by atoms with Gasteiger partial charge < -0.3 is 4.74 Å². The van der Waals surface area contributed by atoms with Gasteiger partial charge in [0.1, 0.15) is 11.4 Å². The molecule has 3 aromatic carbocycles. The van der Waals surface area contributed by atoms with Crippen LogP contribution < -0.4 is 4.74 Å². The molecule has 0 saturated carbocycles. The summed E-state index contributed by atoms with van der Waals surface area (Å²) in [4.78, 5) is 13.9. The van der Waals surface area contributed by atoms with Crippen LogP contribution in [0.2, 0.25) is 5.02 Å². The molecule has 4 rings (SSSR count). The minimum atomic E-state index is -1.57. The number of hydrogen-bond donors (Lipinski definition) is 0. The van der Waals surface area contributed by atoms with Gasteiger partial charge >= 0.3 is 0 Å². The maximum atomic E-state index is 15.0. The SMILES string of the molecule is CSc1cc(OCC[C@@H](C)N(Cc2cccc(C(C)(C)F)c2Cl)CC(C2=CCCC=C2)c2ccccc2)cc(F)c1N=O. The molecule has 43 heavy (non-hydrogen) atoms. The summed E-state index contributed by atoms with van der Waals surface area (Å²) in [5.74, 6) is -0.216. The Hall–Kier alpha value is -3.00. The Labute approximate surface area is 263 Å². The normalized spacial score (nSPS) is 14.8. The lowest BCUT2D eigenvalue weighted by atomic mass is 9.87. The van der Waals surface area contributed by atoms with Crippen molar-refractivity contribution in [3.8, 4) is 5.75 Å². The van der Waals surface area contributed by atoms with E-state index in [9.17, 15) is 9.30 Å². The molecule has 228 valence electrons. The topological polar surface area (TPSA) is 41.9 Å². The zero-order valence-electron chi connectivity index (χ0n) is 25.2. The molecule has 0 amide bonds. The van der Waals surface area contributed by atoms with Crippen molar-refractivity contribution < 1.29 is 13.5 Å². The van der Waals surface area contributed by atoms with Gasteiger partial charge in [-0.25, -0.2) is 8.78 Å². The number of nitroso groups, excluding NO2 is 1. The van der Waals surface area contributed by atoms with Gasteiger partial charge in [-0.2, -0.15) is 0 Å². The number of rotatable bonds is 14. The quantitative estimate of drug-likeness (QED) is 0.132. The number of benzene rings is 3. The Kier molecular flexibility index (Phi) is 11.6. The molecule has 8 heteroatoms. The predicted molar refractivity (Wildman–Crippen MR) is 175 cm³/mol. The minimum Gasteiger partial charge on any atom is -0.493 e. The van der Waals surface area contributed by atoms with Crippen LogP contribution in [0.15, 0.2) is 94.5 Å². The van der Waals surface area contributed by atoms with Crippen molar-refractivity contribution in [3.05, 3.63) is 117 Å². The first-order chi connectivity index (χ1) is 20.6. The molecule has 0 spiro atoms. The molecular weight excluding hydrogens is 586 g/mol. The van der Waals surface area contributed by atoms with E-state index in [0.717, 1.165) is 18.4 Å². The first-order valence-corrected chi connectivity index (χ1v) is 16.2. The van der Waals surface area contributed by atoms with E-state index in [0.29, 0.717) is 47.3 Å². The van der Waals surface area contributed by atoms with Crippen molar-refractivity contribution >= 4 is 29.1 Å². The van der Waals surface area contributed by atoms with Crippen molar-refractivity contribution in [1.82, 2.24) is 4.90 Å². The molecule has 1 unspecified atom stereocenters. The standard InChI is InChI=1S/C35H39ClF2N2O2S/c1-24(18-19-42-28-20-31(37)34(39-41)32(21-28)43-4)40(22-27-16-11-17-30(33(27)36)35(2,3)38)23-29(25-12-7-5-8-13-25)26-14-9-6-10-15-26/h5,7-9,11-17,20-21,24,29H,6,10,18-19,22-23H2,1-4H3/t24-,29?/m1/s1. The van der Waals surface area contributed by atoms with Gasteiger partial charge in [0.25, 0.3) is 0 Å². The zero-order valence-corrected chi connectivity index (χ0v) is 26.7. The Morgan fingerprint density at radius 2 is 1.88 bits per heavy atom. The van der Waals surface area contributed by atoms with Gasteiger partial charge in [-0.3, -0.25) is 4.90 Å². The highest BCUT2D eigenvalue weighted by atomic mass is 35.5. The van der Waals surface area contributed by atoms with E-state index in [-0.39, 0.29) is 17.6 Å². The highest BCUT2D eigenvalue weighted by molar-refractivity contribution is 7.98. The van der Waals surface area contributed by atoms with Crippen LogP contribution in [0.3, 0.4) is 0 Å². The first kappa shape index (κ1) is 32.9. The maximum absolute atomic E-state index is 15.0. The molecule has 0 bridgehead atoms. The molecule has 1 aliphatic rings. The fraction of sp³-hybridized carbons (Fsp3) is 0.371. The lowest BCUT2D eigenvalue weighted by Gasteiger charge is -2.34. The molecule has 0 N–H and O–H groups in total. The molecule has 0 aliphatic heterocycles. The third-order valence-electron chi connectivity index (χ3n) is 7.88. The van der Waals surface area contributed by atoms with Crippen molar-refractivity contribution in [1.29, 1.82) is 0 Å². The van der Waals surface area contributed by atoms with Crippen LogP contribution in [-0.2, 0) is 12.2 Å². The number of allylic oxidation sites excluding steroid dienone is 3. The van der Waals surface area contributed by atoms with Crippen LogP contribution in [-0.4, -0.2) is 30.3 Å². The molecule has 0 saturated heterocycles. The summed E-state index contributed by atoms with van der Waals surface area (Å²) in [7, 11) is 0. The average molecular weight is 625 g/mol. The first-order valence-electron chi connectivity index (χ1n) is 14.6. The molecule has 0 radical (unpaired) electrons. The summed E-state index contributed by atoms with van der Waals surface area (Å²) in [5.41, 5.74) is 2.07. The molecular formula is C35H39ClF2N2O2S. The summed E-state index contributed by atoms with van der Waals surface area (Å²) in [6.45, 7) is 6.75. The number of halogens is 3. The molecule has 1 aliphatic carbocycles. The fourth-order valence-corrected chi connectivity index (χ4v) is 6.38. The van der Waals surface area contributed by atoms with Gasteiger partial charge in [-0.15, -0.1) is 16.7 Å². The Bertz CT molecular complexity index is 1460. The second kappa shape index (κ2) is 15.1. The molecule has 0 fully saturated rings. The monoisotopic (exact) mass is 624 g/mol. The van der Waals surface area contributed by atoms with Crippen LogP contribution in [0.25, 0.3) is 0 Å². The molecule has 0 aromatic heterocycles. The zero-order chi connectivity index (χ0) is 31.0. The van der Waals surface area contributed by atoms with E-state index in [2.05, 4.69) is 59.5 Å². The number of thioether (sulfide) groups is 1. The van der Waals surface area contributed by atoms with E-state index in [1.807, 2.05) is 18.2 Å². The minimum absolute atomic E-state index is 0.0401. The smallest absolute Gasteiger partial charge is 0.157 e. The van der Waals surface area contributed by atoms with Crippen molar-refractivity contribution in [2.24, 2.45) is 5.18 Å². The van der Waals surface area contributed by atoms with E-state index in [1.165, 1.54) is 42.8 Å². The van der Waals surface area contributed by atoms with E-state index in [4.69, 9.17) is 16.3 Å². The highest BCUT2D eigenvalue weighted by Crippen LogP contribution is 2.37. The lowest BCUT2D eigenvalue weighted by Crippen LogP contribution is -2.37. The van der Waals surface area contributed by atoms with Crippen molar-refractivity contribution in [2.75, 3.05) is 19.4 Å². The fourth-order valence-electron chi connectivity index (χ4n) is 5.40. The maximum Gasteiger partial charge on any atom is 0.157 e. The Morgan fingerprint density at radius 1 is 1.12 bits per heavy atom. The van der Waals surface area contributed by atoms with Crippen LogP contribution in [0, 0.1) is 10.7 Å². The number of nitrogens with zero attached hydrogens (tertiary/aromatic N) is 2. The van der Waals surface area contributed by atoms with Crippen LogP contribution in [0.5, 0.6) is 5.75 Å². The summed E-state index contributed by atoms with van der Waals surface area (Å²) in [6, 6.07) is 18.9. The van der Waals surface area contributed by atoms with Gasteiger partial charge in [0.05, 0.1) is 11.6 Å². The second-order valence-electron chi connectivity index (χ2n) is 11.4. The summed E-state index contributed by atoms with van der Waals surface area (Å²) < 4.78 is 35.4. The van der Waals surface area contributed by atoms with Crippen LogP contribution in [0.4, 0.5) is 14.5 Å². The number of alkyl halides is 1. The van der Waals surface area contributed by atoms with E-state index >= 15 is 4.39 Å². The molecule has 4 nitrogen and oxygen atoms in total. The largest absolute Gasteiger partial charge is 0.493 e. The number of hydrogen-bond acceptors (Lipinski definition) is 5. The summed E-state index contributed by atoms with van der Waals surface area (Å²) in [6.07, 6.45) is 11.2. The highest BCUT2D eigenvalue weighted by Gasteiger charge is 2.27. The second-order valence-corrected chi connectivity index (χ2v) is 12.6. The van der Waals surface area contributed by atoms with E-state index < -0.39 is 11.5 Å².